The molecule has 2 heterocycles. The van der Waals surface area contributed by atoms with E-state index in [0.717, 1.165) is 54.3 Å². The molecule has 4 rings (SSSR count). The van der Waals surface area contributed by atoms with Crippen LogP contribution in [0.25, 0.3) is 16.9 Å². The van der Waals surface area contributed by atoms with Crippen molar-refractivity contribution in [1.29, 1.82) is 0 Å². The summed E-state index contributed by atoms with van der Waals surface area (Å²) in [7, 11) is 1.66. The van der Waals surface area contributed by atoms with E-state index in [0.29, 0.717) is 0 Å². The molecule has 0 unspecified atom stereocenters. The summed E-state index contributed by atoms with van der Waals surface area (Å²) in [5.74, 6) is 1.59. The summed E-state index contributed by atoms with van der Waals surface area (Å²) < 4.78 is 20.4. The van der Waals surface area contributed by atoms with Gasteiger partial charge in [-0.25, -0.2) is 9.07 Å². The topological polar surface area (TPSA) is 39.1 Å². The Bertz CT molecular complexity index is 869. The molecule has 0 saturated heterocycles. The molecule has 2 aromatic carbocycles. The lowest BCUT2D eigenvalue weighted by molar-refractivity contribution is 0.415. The van der Waals surface area contributed by atoms with Crippen LogP contribution in [0.4, 0.5) is 10.2 Å². The van der Waals surface area contributed by atoms with Gasteiger partial charge in [0.2, 0.25) is 0 Å². The Kier molecular flexibility index (Phi) is 4.14. The molecule has 0 aliphatic carbocycles. The number of nitrogens with zero attached hydrogens (tertiary/aromatic N) is 2. The summed E-state index contributed by atoms with van der Waals surface area (Å²) in [4.78, 5) is 0. The first kappa shape index (κ1) is 15.7. The maximum atomic E-state index is 13.3. The summed E-state index contributed by atoms with van der Waals surface area (Å²) in [5.41, 5.74) is 4.09. The van der Waals surface area contributed by atoms with Crippen molar-refractivity contribution in [2.24, 2.45) is 0 Å². The molecule has 5 heteroatoms. The molecule has 0 fully saturated rings. The molecule has 1 aliphatic heterocycles. The minimum atomic E-state index is -0.245. The number of aromatic nitrogens is 2. The second kappa shape index (κ2) is 6.59. The summed E-state index contributed by atoms with van der Waals surface area (Å²) in [6.07, 6.45) is 3.23. The second-order valence-electron chi connectivity index (χ2n) is 6.18. The highest BCUT2D eigenvalue weighted by Crippen LogP contribution is 2.34. The van der Waals surface area contributed by atoms with Crippen molar-refractivity contribution in [1.82, 2.24) is 9.78 Å². The highest BCUT2D eigenvalue weighted by atomic mass is 19.1. The van der Waals surface area contributed by atoms with Crippen molar-refractivity contribution in [2.75, 3.05) is 19.0 Å². The number of benzene rings is 2. The summed E-state index contributed by atoms with van der Waals surface area (Å²) in [5, 5.41) is 8.35. The molecule has 1 aromatic heterocycles. The van der Waals surface area contributed by atoms with E-state index in [9.17, 15) is 4.39 Å². The zero-order chi connectivity index (χ0) is 17.2. The molecule has 25 heavy (non-hydrogen) atoms. The minimum Gasteiger partial charge on any atom is -0.497 e. The maximum absolute atomic E-state index is 13.3. The predicted octanol–water partition coefficient (Wildman–Crippen LogP) is 4.44. The van der Waals surface area contributed by atoms with Crippen molar-refractivity contribution < 1.29 is 9.13 Å². The van der Waals surface area contributed by atoms with Crippen LogP contribution in [-0.2, 0) is 6.42 Å². The van der Waals surface area contributed by atoms with Crippen LogP contribution in [0.1, 0.15) is 18.4 Å². The molecule has 3 aromatic rings. The van der Waals surface area contributed by atoms with E-state index >= 15 is 0 Å². The number of hydrogen-bond donors (Lipinski definition) is 1. The van der Waals surface area contributed by atoms with Gasteiger partial charge in [-0.1, -0.05) is 0 Å². The van der Waals surface area contributed by atoms with E-state index < -0.39 is 0 Å². The van der Waals surface area contributed by atoms with E-state index in [-0.39, 0.29) is 5.82 Å². The van der Waals surface area contributed by atoms with Gasteiger partial charge in [0.05, 0.1) is 18.5 Å². The largest absolute Gasteiger partial charge is 0.497 e. The van der Waals surface area contributed by atoms with E-state index in [1.165, 1.54) is 17.7 Å². The van der Waals surface area contributed by atoms with Crippen LogP contribution in [0, 0.1) is 5.82 Å². The number of hydrogen-bond acceptors (Lipinski definition) is 3. The van der Waals surface area contributed by atoms with Crippen LogP contribution >= 0.6 is 0 Å². The number of anilines is 1. The molecule has 0 amide bonds. The Morgan fingerprint density at radius 1 is 1.04 bits per heavy atom. The average Bonchev–Trinajstić information content (AvgIpc) is 2.84. The zero-order valence-electron chi connectivity index (χ0n) is 14.1. The number of nitrogens with one attached hydrogen (secondary N) is 1. The van der Waals surface area contributed by atoms with Crippen LogP contribution in [0.3, 0.4) is 0 Å². The highest BCUT2D eigenvalue weighted by molar-refractivity contribution is 5.71. The molecule has 0 bridgehead atoms. The molecule has 4 nitrogen and oxygen atoms in total. The van der Waals surface area contributed by atoms with Crippen molar-refractivity contribution in [2.45, 2.75) is 19.3 Å². The third-order valence-electron chi connectivity index (χ3n) is 4.56. The lowest BCUT2D eigenvalue weighted by atomic mass is 10.0. The Morgan fingerprint density at radius 3 is 2.52 bits per heavy atom. The van der Waals surface area contributed by atoms with Crippen LogP contribution in [0.5, 0.6) is 5.75 Å². The fraction of sp³-hybridized carbons (Fsp3) is 0.250. The van der Waals surface area contributed by atoms with Gasteiger partial charge in [0, 0.05) is 17.7 Å². The van der Waals surface area contributed by atoms with Gasteiger partial charge in [-0.3, -0.25) is 0 Å². The normalized spacial score (nSPS) is 13.7. The lowest BCUT2D eigenvalue weighted by Gasteiger charge is -2.09. The number of halogens is 1. The van der Waals surface area contributed by atoms with Crippen LogP contribution in [0.2, 0.25) is 0 Å². The third kappa shape index (κ3) is 2.97. The molecule has 1 aliphatic rings. The SMILES string of the molecule is COc1ccc(-c2nn(-c3ccc(F)cc3)c3c2CCCCN3)cc1. The van der Waals surface area contributed by atoms with Crippen LogP contribution in [-0.4, -0.2) is 23.4 Å². The molecular weight excluding hydrogens is 317 g/mol. The van der Waals surface area contributed by atoms with Gasteiger partial charge in [-0.15, -0.1) is 0 Å². The monoisotopic (exact) mass is 337 g/mol. The van der Waals surface area contributed by atoms with Crippen LogP contribution in [0.15, 0.2) is 48.5 Å². The Hall–Kier alpha value is -2.82. The van der Waals surface area contributed by atoms with Crippen LogP contribution < -0.4 is 10.1 Å². The lowest BCUT2D eigenvalue weighted by Crippen LogP contribution is -2.07. The van der Waals surface area contributed by atoms with Gasteiger partial charge < -0.3 is 10.1 Å². The zero-order valence-corrected chi connectivity index (χ0v) is 14.1. The summed E-state index contributed by atoms with van der Waals surface area (Å²) in [6, 6.07) is 14.4. The molecule has 0 spiro atoms. The smallest absolute Gasteiger partial charge is 0.133 e. The van der Waals surface area contributed by atoms with Gasteiger partial charge in [0.25, 0.3) is 0 Å². The van der Waals surface area contributed by atoms with Crippen molar-refractivity contribution in [3.05, 3.63) is 59.9 Å². The quantitative estimate of drug-likeness (QED) is 0.768. The number of methoxy groups -OCH3 is 1. The first-order valence-corrected chi connectivity index (χ1v) is 8.52. The maximum Gasteiger partial charge on any atom is 0.133 e. The van der Waals surface area contributed by atoms with Gasteiger partial charge >= 0.3 is 0 Å². The number of fused-ring (bicyclic) bond motifs is 1. The molecule has 1 N–H and O–H groups in total. The summed E-state index contributed by atoms with van der Waals surface area (Å²) >= 11 is 0. The van der Waals surface area contributed by atoms with Crippen molar-refractivity contribution in [3.63, 3.8) is 0 Å². The Labute approximate surface area is 146 Å². The first-order chi connectivity index (χ1) is 12.3. The molecule has 128 valence electrons. The van der Waals surface area contributed by atoms with Gasteiger partial charge in [0.1, 0.15) is 17.4 Å². The van der Waals surface area contributed by atoms with Crippen molar-refractivity contribution >= 4 is 5.82 Å². The second-order valence-corrected chi connectivity index (χ2v) is 6.18. The summed E-state index contributed by atoms with van der Waals surface area (Å²) in [6.45, 7) is 0.919. The standard InChI is InChI=1S/C20H20FN3O/c1-25-17-11-5-14(6-12-17)19-18-4-2-3-13-22-20(18)24(23-19)16-9-7-15(21)8-10-16/h5-12,22H,2-4,13H2,1H3. The van der Waals surface area contributed by atoms with E-state index in [2.05, 4.69) is 5.32 Å². The van der Waals surface area contributed by atoms with Gasteiger partial charge in [-0.05, 0) is 67.8 Å². The molecule has 0 radical (unpaired) electrons. The van der Waals surface area contributed by atoms with Gasteiger partial charge in [0.15, 0.2) is 0 Å². The molecule has 0 saturated carbocycles. The Balaban J connectivity index is 1.85. The highest BCUT2D eigenvalue weighted by Gasteiger charge is 2.21. The van der Waals surface area contributed by atoms with Crippen molar-refractivity contribution in [3.8, 4) is 22.7 Å². The number of rotatable bonds is 3. The number of ether oxygens (including phenoxy) is 1. The Morgan fingerprint density at radius 2 is 1.80 bits per heavy atom. The first-order valence-electron chi connectivity index (χ1n) is 8.52. The predicted molar refractivity (Wildman–Crippen MR) is 96.9 cm³/mol. The minimum absolute atomic E-state index is 0.245. The van der Waals surface area contributed by atoms with E-state index in [1.807, 2.05) is 28.9 Å². The third-order valence-corrected chi connectivity index (χ3v) is 4.56. The van der Waals surface area contributed by atoms with E-state index in [4.69, 9.17) is 9.84 Å². The fourth-order valence-electron chi connectivity index (χ4n) is 3.25. The van der Waals surface area contributed by atoms with E-state index in [1.54, 1.807) is 19.2 Å². The fourth-order valence-corrected chi connectivity index (χ4v) is 3.25. The molecular formula is C20H20FN3O. The molecule has 0 atom stereocenters. The van der Waals surface area contributed by atoms with Gasteiger partial charge in [-0.2, -0.15) is 5.10 Å². The average molecular weight is 337 g/mol.